The van der Waals surface area contributed by atoms with Gasteiger partial charge in [-0.15, -0.1) is 0 Å². The van der Waals surface area contributed by atoms with Gasteiger partial charge < -0.3 is 0 Å². The highest BCUT2D eigenvalue weighted by Gasteiger charge is 2.18. The molecule has 0 fully saturated rings. The van der Waals surface area contributed by atoms with Crippen molar-refractivity contribution in [1.29, 1.82) is 0 Å². The van der Waals surface area contributed by atoms with Gasteiger partial charge in [0.1, 0.15) is 0 Å². The first-order valence-electron chi connectivity index (χ1n) is 17.3. The Morgan fingerprint density at radius 1 is 0.200 bits per heavy atom. The maximum absolute atomic E-state index is 2.44. The van der Waals surface area contributed by atoms with Crippen LogP contribution in [0.5, 0.6) is 0 Å². The van der Waals surface area contributed by atoms with Gasteiger partial charge >= 0.3 is 0 Å². The van der Waals surface area contributed by atoms with Crippen molar-refractivity contribution in [3.8, 4) is 44.5 Å². The van der Waals surface area contributed by atoms with Crippen molar-refractivity contribution in [2.24, 2.45) is 0 Å². The number of rotatable bonds is 4. The average Bonchev–Trinajstić information content (AvgIpc) is 3.19. The Labute approximate surface area is 291 Å². The van der Waals surface area contributed by atoms with E-state index in [9.17, 15) is 0 Å². The molecule has 50 heavy (non-hydrogen) atoms. The van der Waals surface area contributed by atoms with E-state index in [0.29, 0.717) is 0 Å². The van der Waals surface area contributed by atoms with E-state index < -0.39 is 0 Å². The summed E-state index contributed by atoms with van der Waals surface area (Å²) in [6.45, 7) is 0. The Morgan fingerprint density at radius 3 is 1.46 bits per heavy atom. The summed E-state index contributed by atoms with van der Waals surface area (Å²) in [6.07, 6.45) is 0. The maximum Gasteiger partial charge on any atom is -0.00262 e. The van der Waals surface area contributed by atoms with Crippen LogP contribution in [0.2, 0.25) is 0 Å². The van der Waals surface area contributed by atoms with Crippen LogP contribution < -0.4 is 0 Å². The van der Waals surface area contributed by atoms with E-state index in [0.717, 1.165) is 0 Å². The average molecular weight is 633 g/mol. The second kappa shape index (κ2) is 11.6. The van der Waals surface area contributed by atoms with Gasteiger partial charge in [0.25, 0.3) is 0 Å². The lowest BCUT2D eigenvalue weighted by Crippen LogP contribution is -1.92. The molecule has 10 aromatic carbocycles. The van der Waals surface area contributed by atoms with Gasteiger partial charge in [0.05, 0.1) is 0 Å². The molecule has 0 aliphatic heterocycles. The molecule has 0 aliphatic rings. The summed E-state index contributed by atoms with van der Waals surface area (Å²) in [6, 6.07) is 71.4. The van der Waals surface area contributed by atoms with Gasteiger partial charge in [-0.1, -0.05) is 176 Å². The number of hydrogen-bond acceptors (Lipinski definition) is 0. The lowest BCUT2D eigenvalue weighted by Gasteiger charge is -2.19. The summed E-state index contributed by atoms with van der Waals surface area (Å²) in [5, 5.41) is 12.7. The van der Waals surface area contributed by atoms with Crippen molar-refractivity contribution in [1.82, 2.24) is 0 Å². The lowest BCUT2D eigenvalue weighted by atomic mass is 9.84. The van der Waals surface area contributed by atoms with Gasteiger partial charge in [0, 0.05) is 0 Å². The highest BCUT2D eigenvalue weighted by atomic mass is 14.2. The number of hydrogen-bond donors (Lipinski definition) is 0. The topological polar surface area (TPSA) is 0 Å². The Kier molecular flexibility index (Phi) is 6.60. The van der Waals surface area contributed by atoms with Crippen molar-refractivity contribution in [3.63, 3.8) is 0 Å². The van der Waals surface area contributed by atoms with Gasteiger partial charge in [-0.2, -0.15) is 0 Å². The molecule has 0 nitrogen and oxygen atoms in total. The Bertz CT molecular complexity index is 2900. The van der Waals surface area contributed by atoms with E-state index in [-0.39, 0.29) is 0 Å². The van der Waals surface area contributed by atoms with Crippen LogP contribution in [-0.2, 0) is 0 Å². The molecule has 0 heterocycles. The summed E-state index contributed by atoms with van der Waals surface area (Å²) in [5.74, 6) is 0. The van der Waals surface area contributed by atoms with E-state index in [1.807, 2.05) is 0 Å². The molecule has 0 bridgehead atoms. The van der Waals surface area contributed by atoms with Crippen molar-refractivity contribution < 1.29 is 0 Å². The third kappa shape index (κ3) is 4.61. The van der Waals surface area contributed by atoms with Gasteiger partial charge in [-0.05, 0) is 117 Å². The predicted octanol–water partition coefficient (Wildman–Crippen LogP) is 14.1. The van der Waals surface area contributed by atoms with E-state index in [4.69, 9.17) is 0 Å². The molecule has 10 rings (SSSR count). The second-order valence-corrected chi connectivity index (χ2v) is 13.3. The Hall–Kier alpha value is -6.50. The molecule has 0 saturated carbocycles. The molecule has 0 atom stereocenters. The van der Waals surface area contributed by atoms with Gasteiger partial charge in [-0.3, -0.25) is 0 Å². The number of benzene rings is 10. The SMILES string of the molecule is c1ccc(-c2c3ccccc3c(-c3ccc(-c4ccc5ccccc5c4)cc3)c3ccc(-c4cc5ccccc5c5ccccc45)cc23)cc1. The summed E-state index contributed by atoms with van der Waals surface area (Å²) < 4.78 is 0. The predicted molar refractivity (Wildman–Crippen MR) is 216 cm³/mol. The Morgan fingerprint density at radius 2 is 0.700 bits per heavy atom. The molecule has 0 aromatic heterocycles. The van der Waals surface area contributed by atoms with Crippen LogP contribution in [0.25, 0.3) is 98.4 Å². The van der Waals surface area contributed by atoms with Crippen LogP contribution in [0.3, 0.4) is 0 Å². The van der Waals surface area contributed by atoms with E-state index in [2.05, 4.69) is 194 Å². The molecule has 10 aromatic rings. The summed E-state index contributed by atoms with van der Waals surface area (Å²) >= 11 is 0. The monoisotopic (exact) mass is 632 g/mol. The number of fused-ring (bicyclic) bond motifs is 6. The largest absolute Gasteiger partial charge is 0.0622 e. The van der Waals surface area contributed by atoms with Crippen LogP contribution in [0, 0.1) is 0 Å². The second-order valence-electron chi connectivity index (χ2n) is 13.3. The zero-order valence-corrected chi connectivity index (χ0v) is 27.5. The summed E-state index contributed by atoms with van der Waals surface area (Å²) in [7, 11) is 0. The van der Waals surface area contributed by atoms with E-state index >= 15 is 0 Å². The molecular weight excluding hydrogens is 601 g/mol. The minimum Gasteiger partial charge on any atom is -0.0622 e. The van der Waals surface area contributed by atoms with Crippen LogP contribution in [0.4, 0.5) is 0 Å². The molecule has 0 radical (unpaired) electrons. The molecule has 0 unspecified atom stereocenters. The Balaban J connectivity index is 1.23. The quantitative estimate of drug-likeness (QED) is 0.134. The first kappa shape index (κ1) is 28.5. The molecule has 0 heteroatoms. The third-order valence-electron chi connectivity index (χ3n) is 10.4. The van der Waals surface area contributed by atoms with Gasteiger partial charge in [-0.25, -0.2) is 0 Å². The van der Waals surface area contributed by atoms with Crippen LogP contribution in [-0.4, -0.2) is 0 Å². The molecular formula is C50H32. The first-order chi connectivity index (χ1) is 24.8. The fraction of sp³-hybridized carbons (Fsp3) is 0. The van der Waals surface area contributed by atoms with Gasteiger partial charge in [0.2, 0.25) is 0 Å². The fourth-order valence-electron chi connectivity index (χ4n) is 8.06. The van der Waals surface area contributed by atoms with Crippen molar-refractivity contribution >= 4 is 53.9 Å². The molecule has 232 valence electrons. The minimum absolute atomic E-state index is 1.22. The summed E-state index contributed by atoms with van der Waals surface area (Å²) in [5.41, 5.74) is 9.94. The van der Waals surface area contributed by atoms with Gasteiger partial charge in [0.15, 0.2) is 0 Å². The zero-order chi connectivity index (χ0) is 33.0. The fourth-order valence-corrected chi connectivity index (χ4v) is 8.06. The lowest BCUT2D eigenvalue weighted by molar-refractivity contribution is 1.62. The van der Waals surface area contributed by atoms with Crippen molar-refractivity contribution in [2.45, 2.75) is 0 Å². The highest BCUT2D eigenvalue weighted by Crippen LogP contribution is 2.46. The molecule has 0 amide bonds. The molecule has 0 saturated heterocycles. The first-order valence-corrected chi connectivity index (χ1v) is 17.3. The third-order valence-corrected chi connectivity index (χ3v) is 10.4. The van der Waals surface area contributed by atoms with Crippen LogP contribution in [0.15, 0.2) is 194 Å². The molecule has 0 aliphatic carbocycles. The normalized spacial score (nSPS) is 11.6. The molecule has 0 N–H and O–H groups in total. The van der Waals surface area contributed by atoms with Crippen molar-refractivity contribution in [3.05, 3.63) is 194 Å². The highest BCUT2D eigenvalue weighted by molar-refractivity contribution is 6.22. The smallest absolute Gasteiger partial charge is 0.00262 e. The standard InChI is InChI=1S/C50H32/c1-2-13-35(14-3-1)50-45-21-11-10-20-44(45)49(36-25-22-34(23-26-36)38-27-24-33-12-4-5-15-37(33)30-38)46-29-28-40(32-48(46)50)47-31-39-16-6-7-17-41(39)42-18-8-9-19-43(42)47/h1-32H. The zero-order valence-electron chi connectivity index (χ0n) is 27.5. The van der Waals surface area contributed by atoms with Crippen molar-refractivity contribution in [2.75, 3.05) is 0 Å². The molecule has 0 spiro atoms. The summed E-state index contributed by atoms with van der Waals surface area (Å²) in [4.78, 5) is 0. The van der Waals surface area contributed by atoms with E-state index in [1.54, 1.807) is 0 Å². The minimum atomic E-state index is 1.22. The van der Waals surface area contributed by atoms with E-state index in [1.165, 1.54) is 98.4 Å². The maximum atomic E-state index is 2.44. The van der Waals surface area contributed by atoms with Crippen LogP contribution in [0.1, 0.15) is 0 Å². The van der Waals surface area contributed by atoms with Crippen LogP contribution >= 0.6 is 0 Å².